The van der Waals surface area contributed by atoms with Crippen molar-refractivity contribution in [3.05, 3.63) is 119 Å². The molecule has 0 radical (unpaired) electrons. The molecular weight excluding hydrogens is 889 g/mol. The Kier molecular flexibility index (Phi) is 12.3. The van der Waals surface area contributed by atoms with Crippen LogP contribution in [0.5, 0.6) is 0 Å². The highest BCUT2D eigenvalue weighted by Gasteiger charge is 2.49. The number of fused-ring (bicyclic) bond motifs is 8. The summed E-state index contributed by atoms with van der Waals surface area (Å²) >= 11 is 0. The Morgan fingerprint density at radius 2 is 0.422 bits per heavy atom. The molecule has 0 saturated carbocycles. The molecule has 0 aromatic heterocycles. The van der Waals surface area contributed by atoms with Gasteiger partial charge in [0.2, 0.25) is 0 Å². The number of hydrogen-bond acceptors (Lipinski definition) is 12. The highest BCUT2D eigenvalue weighted by atomic mass is 32.2. The molecule has 9 rings (SSSR count). The minimum atomic E-state index is -3.40. The molecule has 4 N–H and O–H groups in total. The molecule has 0 amide bonds. The molecule has 5 saturated heterocycles. The Bertz CT molecular complexity index is 2380. The molecule has 8 unspecified atom stereocenters. The van der Waals surface area contributed by atoms with Gasteiger partial charge < -0.3 is 21.3 Å². The predicted molar refractivity (Wildman–Crippen MR) is 249 cm³/mol. The second-order valence-electron chi connectivity index (χ2n) is 19.3. The first-order chi connectivity index (χ1) is 30.2. The van der Waals surface area contributed by atoms with Crippen LogP contribution in [0, 0.1) is 0 Å². The maximum Gasteiger partial charge on any atom is 0.175 e. The van der Waals surface area contributed by atoms with Gasteiger partial charge in [0.05, 0.1) is 19.6 Å². The lowest BCUT2D eigenvalue weighted by atomic mass is 9.83. The molecule has 12 nitrogen and oxygen atoms in total. The van der Waals surface area contributed by atoms with E-state index in [4.69, 9.17) is 0 Å². The van der Waals surface area contributed by atoms with Crippen molar-refractivity contribution in [2.45, 2.75) is 143 Å². The Morgan fingerprint density at radius 3 is 0.547 bits per heavy atom. The lowest BCUT2D eigenvalue weighted by Crippen LogP contribution is -2.51. The number of hydrogen-bond donors (Lipinski definition) is 4. The van der Waals surface area contributed by atoms with Gasteiger partial charge in [-0.25, -0.2) is 33.7 Å². The molecule has 5 fully saturated rings. The molecule has 8 bridgehead atoms. The van der Waals surface area contributed by atoms with E-state index in [0.29, 0.717) is 0 Å². The molecule has 4 aromatic rings. The van der Waals surface area contributed by atoms with Gasteiger partial charge in [-0.15, -0.1) is 0 Å². The van der Waals surface area contributed by atoms with Crippen LogP contribution in [0.3, 0.4) is 0 Å². The Labute approximate surface area is 379 Å². The molecule has 4 aromatic carbocycles. The van der Waals surface area contributed by atoms with Gasteiger partial charge in [0.25, 0.3) is 0 Å². The minimum absolute atomic E-state index is 0.00546. The summed E-state index contributed by atoms with van der Waals surface area (Å²) in [4.78, 5) is 1.12. The molecule has 64 heavy (non-hydrogen) atoms. The standard InChI is InChI=1S/C48H60N4O8S4/c1-61(53,54)33-13-5-29(6-14-33)45-37-21-23-39(49-37)46(30-7-15-34(16-8-30)62(2,55)56)41-25-27-43(51-41)48(32-11-19-36(20-12-32)64(4,59)60)44-28-26-42(52-44)47(40-24-22-38(45)50-40)31-9-17-35(18-10-31)63(3,57)58/h5-20,37-52H,21-28H2,1-4H3. The lowest BCUT2D eigenvalue weighted by molar-refractivity contribution is 0.305. The topological polar surface area (TPSA) is 185 Å². The van der Waals surface area contributed by atoms with E-state index < -0.39 is 39.3 Å². The number of nitrogens with one attached hydrogen (secondary N) is 4. The summed E-state index contributed by atoms with van der Waals surface area (Å²) in [7, 11) is -13.6. The molecule has 5 aliphatic rings. The van der Waals surface area contributed by atoms with Crippen LogP contribution in [0.2, 0.25) is 0 Å². The van der Waals surface area contributed by atoms with Crippen molar-refractivity contribution >= 4 is 39.3 Å². The quantitative estimate of drug-likeness (QED) is 0.181. The largest absolute Gasteiger partial charge is 0.310 e. The van der Waals surface area contributed by atoms with E-state index in [9.17, 15) is 33.7 Å². The average molecular weight is 949 g/mol. The van der Waals surface area contributed by atoms with Gasteiger partial charge >= 0.3 is 0 Å². The molecular formula is C48H60N4O8S4. The van der Waals surface area contributed by atoms with Crippen LogP contribution >= 0.6 is 0 Å². The van der Waals surface area contributed by atoms with E-state index >= 15 is 0 Å². The first kappa shape index (κ1) is 45.7. The molecule has 0 spiro atoms. The molecule has 8 atom stereocenters. The van der Waals surface area contributed by atoms with Crippen LogP contribution in [0.1, 0.15) is 97.3 Å². The van der Waals surface area contributed by atoms with E-state index in [0.717, 1.165) is 73.6 Å². The van der Waals surface area contributed by atoms with E-state index in [-0.39, 0.29) is 91.6 Å². The number of sulfone groups is 4. The second-order valence-corrected chi connectivity index (χ2v) is 27.4. The van der Waals surface area contributed by atoms with Crippen molar-refractivity contribution in [2.75, 3.05) is 25.0 Å². The van der Waals surface area contributed by atoms with E-state index in [2.05, 4.69) is 21.3 Å². The summed E-state index contributed by atoms with van der Waals surface area (Å²) in [6.07, 6.45) is 12.0. The van der Waals surface area contributed by atoms with Crippen LogP contribution in [0.4, 0.5) is 0 Å². The lowest BCUT2D eigenvalue weighted by Gasteiger charge is -2.37. The molecule has 344 valence electrons. The molecule has 5 heterocycles. The van der Waals surface area contributed by atoms with Crippen molar-refractivity contribution in [3.63, 3.8) is 0 Å². The summed E-state index contributed by atoms with van der Waals surface area (Å²) < 4.78 is 101. The fourth-order valence-corrected chi connectivity index (χ4v) is 14.7. The van der Waals surface area contributed by atoms with Gasteiger partial charge in [0.15, 0.2) is 39.3 Å². The second kappa shape index (κ2) is 17.3. The van der Waals surface area contributed by atoms with Crippen molar-refractivity contribution < 1.29 is 33.7 Å². The summed E-state index contributed by atoms with van der Waals surface area (Å²) in [6, 6.07) is 30.0. The van der Waals surface area contributed by atoms with Gasteiger partial charge in [-0.3, -0.25) is 0 Å². The third-order valence-electron chi connectivity index (χ3n) is 15.1. The zero-order valence-corrected chi connectivity index (χ0v) is 40.0. The highest BCUT2D eigenvalue weighted by molar-refractivity contribution is 7.91. The van der Waals surface area contributed by atoms with Crippen LogP contribution in [0.25, 0.3) is 0 Å². The average Bonchev–Trinajstić information content (AvgIpc) is 4.08. The van der Waals surface area contributed by atoms with Gasteiger partial charge in [0.1, 0.15) is 0 Å². The third kappa shape index (κ3) is 9.27. The van der Waals surface area contributed by atoms with Crippen molar-refractivity contribution in [1.82, 2.24) is 21.3 Å². The van der Waals surface area contributed by atoms with Crippen LogP contribution < -0.4 is 21.3 Å². The fourth-order valence-electron chi connectivity index (χ4n) is 12.2. The van der Waals surface area contributed by atoms with Gasteiger partial charge in [0, 0.05) is 97.0 Å². The van der Waals surface area contributed by atoms with Crippen molar-refractivity contribution in [3.8, 4) is 0 Å². The summed E-state index contributed by atoms with van der Waals surface area (Å²) in [5.74, 6) is 0.0218. The third-order valence-corrected chi connectivity index (χ3v) is 19.6. The Balaban J connectivity index is 1.15. The zero-order chi connectivity index (χ0) is 45.3. The Hall–Kier alpha value is -3.48. The van der Waals surface area contributed by atoms with Crippen LogP contribution in [-0.2, 0) is 39.3 Å². The normalized spacial score (nSPS) is 32.4. The molecule has 5 aliphatic heterocycles. The van der Waals surface area contributed by atoms with E-state index in [1.165, 1.54) is 25.0 Å². The molecule has 0 aliphatic carbocycles. The SMILES string of the molecule is CS(=O)(=O)c1ccc(C2C3CCC(N3)C(c3ccc(S(C)(=O)=O)cc3)C3CCC(N3)C(c3ccc(S(C)(=O)=O)cc3)C3CCC(N3)C(c3ccc(S(C)(=O)=O)cc3)C3CCC2N3)cc1. The summed E-state index contributed by atoms with van der Waals surface area (Å²) in [5, 5.41) is 16.6. The molecule has 16 heteroatoms. The van der Waals surface area contributed by atoms with Crippen molar-refractivity contribution in [2.24, 2.45) is 0 Å². The van der Waals surface area contributed by atoms with Crippen LogP contribution in [0.15, 0.2) is 117 Å². The summed E-state index contributed by atoms with van der Waals surface area (Å²) in [5.41, 5.74) is 4.26. The first-order valence-corrected chi connectivity index (χ1v) is 30.0. The van der Waals surface area contributed by atoms with Crippen LogP contribution in [-0.4, -0.2) is 107 Å². The van der Waals surface area contributed by atoms with Crippen molar-refractivity contribution in [1.29, 1.82) is 0 Å². The monoisotopic (exact) mass is 948 g/mol. The number of benzene rings is 4. The smallest absolute Gasteiger partial charge is 0.175 e. The zero-order valence-electron chi connectivity index (χ0n) is 36.7. The summed E-state index contributed by atoms with van der Waals surface area (Å²) in [6.45, 7) is 0. The van der Waals surface area contributed by atoms with E-state index in [1.807, 2.05) is 48.5 Å². The highest BCUT2D eigenvalue weighted by Crippen LogP contribution is 2.46. The predicted octanol–water partition coefficient (Wildman–Crippen LogP) is 5.23. The maximum atomic E-state index is 12.6. The first-order valence-electron chi connectivity index (χ1n) is 22.5. The van der Waals surface area contributed by atoms with Gasteiger partial charge in [-0.2, -0.15) is 0 Å². The van der Waals surface area contributed by atoms with Gasteiger partial charge in [-0.1, -0.05) is 48.5 Å². The number of rotatable bonds is 8. The van der Waals surface area contributed by atoms with Gasteiger partial charge in [-0.05, 0) is 122 Å². The minimum Gasteiger partial charge on any atom is -0.310 e. The fraction of sp³-hybridized carbons (Fsp3) is 0.500. The van der Waals surface area contributed by atoms with E-state index in [1.54, 1.807) is 48.5 Å². The Morgan fingerprint density at radius 1 is 0.281 bits per heavy atom. The maximum absolute atomic E-state index is 12.6.